The van der Waals surface area contributed by atoms with E-state index in [4.69, 9.17) is 16.3 Å². The van der Waals surface area contributed by atoms with Crippen LogP contribution in [-0.4, -0.2) is 35.9 Å². The lowest BCUT2D eigenvalue weighted by atomic mass is 10.1. The number of carbonyl (C=O) groups is 3. The zero-order chi connectivity index (χ0) is 32.7. The van der Waals surface area contributed by atoms with Crippen LogP contribution in [0.5, 0.6) is 0 Å². The van der Waals surface area contributed by atoms with Crippen LogP contribution >= 0.6 is 22.9 Å². The van der Waals surface area contributed by atoms with E-state index in [2.05, 4.69) is 15.6 Å². The van der Waals surface area contributed by atoms with Crippen molar-refractivity contribution in [2.24, 2.45) is 0 Å². The quantitative estimate of drug-likeness (QED) is 0.187. The molecule has 2 N–H and O–H groups in total. The molecule has 0 spiro atoms. The number of anilines is 3. The highest BCUT2D eigenvalue weighted by molar-refractivity contribution is 7.17. The maximum Gasteiger partial charge on any atom is 0.265 e. The molecule has 3 aromatic carbocycles. The fourth-order valence-corrected chi connectivity index (χ4v) is 7.24. The molecule has 2 aliphatic rings. The second-order valence-corrected chi connectivity index (χ2v) is 12.8. The minimum atomic E-state index is -0.488. The molecule has 5 aromatic rings. The maximum atomic E-state index is 14.4. The third kappa shape index (κ3) is 6.03. The predicted molar refractivity (Wildman–Crippen MR) is 181 cm³/mol. The van der Waals surface area contributed by atoms with Crippen molar-refractivity contribution in [1.29, 1.82) is 0 Å². The lowest BCUT2D eigenvalue weighted by Crippen LogP contribution is -2.32. The van der Waals surface area contributed by atoms with Crippen LogP contribution in [0.3, 0.4) is 0 Å². The van der Waals surface area contributed by atoms with Crippen LogP contribution in [0.4, 0.5) is 21.5 Å². The second-order valence-electron chi connectivity index (χ2n) is 11.3. The Hall–Kier alpha value is -4.90. The third-order valence-corrected chi connectivity index (χ3v) is 9.80. The van der Waals surface area contributed by atoms with Crippen LogP contribution in [-0.2, 0) is 24.2 Å². The van der Waals surface area contributed by atoms with Crippen molar-refractivity contribution < 1.29 is 23.5 Å². The summed E-state index contributed by atoms with van der Waals surface area (Å²) in [5.41, 5.74) is 6.20. The fourth-order valence-electron chi connectivity index (χ4n) is 5.85. The minimum absolute atomic E-state index is 0.135. The summed E-state index contributed by atoms with van der Waals surface area (Å²) in [5.74, 6) is -1.47. The molecule has 2 aliphatic heterocycles. The molecule has 0 fully saturated rings. The molecule has 7 rings (SSSR count). The van der Waals surface area contributed by atoms with Crippen molar-refractivity contribution in [3.8, 4) is 10.4 Å². The number of nitrogens with zero attached hydrogens (tertiary/aromatic N) is 2. The average molecular weight is 667 g/mol. The van der Waals surface area contributed by atoms with E-state index in [-0.39, 0.29) is 28.2 Å². The first-order chi connectivity index (χ1) is 22.8. The lowest BCUT2D eigenvalue weighted by molar-refractivity contribution is 0.0984. The van der Waals surface area contributed by atoms with Gasteiger partial charge in [0.1, 0.15) is 11.0 Å². The van der Waals surface area contributed by atoms with Crippen LogP contribution in [0.15, 0.2) is 78.9 Å². The third-order valence-electron chi connectivity index (χ3n) is 8.30. The van der Waals surface area contributed by atoms with Crippen LogP contribution < -0.4 is 15.5 Å². The normalized spacial score (nSPS) is 13.6. The van der Waals surface area contributed by atoms with Gasteiger partial charge in [0.05, 0.1) is 35.0 Å². The number of aromatic nitrogens is 1. The number of fused-ring (bicyclic) bond motifs is 4. The summed E-state index contributed by atoms with van der Waals surface area (Å²) in [6, 6.07) is 22.5. The largest absolute Gasteiger partial charge is 0.376 e. The van der Waals surface area contributed by atoms with E-state index in [1.54, 1.807) is 54.3 Å². The highest BCUT2D eigenvalue weighted by Crippen LogP contribution is 2.42. The predicted octanol–water partition coefficient (Wildman–Crippen LogP) is 7.69. The van der Waals surface area contributed by atoms with Gasteiger partial charge in [0.15, 0.2) is 0 Å². The van der Waals surface area contributed by atoms with E-state index in [0.29, 0.717) is 54.3 Å². The molecule has 0 saturated heterocycles. The lowest BCUT2D eigenvalue weighted by Gasteiger charge is -2.23. The van der Waals surface area contributed by atoms with Gasteiger partial charge >= 0.3 is 0 Å². The van der Waals surface area contributed by atoms with Crippen molar-refractivity contribution in [3.63, 3.8) is 0 Å². The summed E-state index contributed by atoms with van der Waals surface area (Å²) in [6.07, 6.45) is 1.17. The number of amides is 3. The van der Waals surface area contributed by atoms with Crippen molar-refractivity contribution in [3.05, 3.63) is 128 Å². The van der Waals surface area contributed by atoms with Crippen molar-refractivity contribution >= 4 is 57.7 Å². The molecule has 47 heavy (non-hydrogen) atoms. The molecule has 8 nitrogen and oxygen atoms in total. The summed E-state index contributed by atoms with van der Waals surface area (Å²) < 4.78 is 19.9. The Morgan fingerprint density at radius 3 is 2.55 bits per heavy atom. The molecule has 2 aromatic heterocycles. The molecule has 3 amide bonds. The van der Waals surface area contributed by atoms with E-state index < -0.39 is 11.7 Å². The van der Waals surface area contributed by atoms with Crippen LogP contribution in [0.2, 0.25) is 5.15 Å². The Bertz CT molecular complexity index is 2040. The summed E-state index contributed by atoms with van der Waals surface area (Å²) in [4.78, 5) is 47.6. The Morgan fingerprint density at radius 1 is 0.936 bits per heavy atom. The molecule has 0 radical (unpaired) electrons. The minimum Gasteiger partial charge on any atom is -0.376 e. The molecule has 0 saturated carbocycles. The Labute approximate surface area is 279 Å². The molecule has 236 valence electrons. The van der Waals surface area contributed by atoms with Crippen LogP contribution in [0.25, 0.3) is 10.4 Å². The molecule has 0 bridgehead atoms. The van der Waals surface area contributed by atoms with Crippen LogP contribution in [0.1, 0.15) is 52.8 Å². The number of thiophene rings is 1. The molecule has 0 atom stereocenters. The number of pyridine rings is 1. The van der Waals surface area contributed by atoms with Gasteiger partial charge in [-0.15, -0.1) is 11.3 Å². The van der Waals surface area contributed by atoms with Gasteiger partial charge in [0, 0.05) is 45.9 Å². The van der Waals surface area contributed by atoms with Gasteiger partial charge in [-0.3, -0.25) is 14.4 Å². The molecular weight excluding hydrogens is 639 g/mol. The highest BCUT2D eigenvalue weighted by atomic mass is 35.5. The van der Waals surface area contributed by atoms with Gasteiger partial charge < -0.3 is 20.3 Å². The number of hydrogen-bond donors (Lipinski definition) is 2. The number of ether oxygens (including phenoxy) is 1. The number of para-hydroxylation sites is 2. The van der Waals surface area contributed by atoms with Crippen molar-refractivity contribution in [1.82, 2.24) is 4.98 Å². The first-order valence-corrected chi connectivity index (χ1v) is 16.2. The first kappa shape index (κ1) is 30.7. The van der Waals surface area contributed by atoms with Gasteiger partial charge in [-0.25, -0.2) is 9.37 Å². The fraction of sp³-hybridized carbons (Fsp3) is 0.167. The van der Waals surface area contributed by atoms with Gasteiger partial charge in [-0.1, -0.05) is 41.9 Å². The first-order valence-electron chi connectivity index (χ1n) is 15.0. The highest BCUT2D eigenvalue weighted by Gasteiger charge is 2.28. The van der Waals surface area contributed by atoms with Gasteiger partial charge in [0.25, 0.3) is 17.7 Å². The molecule has 11 heteroatoms. The van der Waals surface area contributed by atoms with E-state index in [0.717, 1.165) is 32.9 Å². The number of carbonyl (C=O) groups excluding carboxylic acids is 3. The molecular formula is C36H28ClFN4O4S. The van der Waals surface area contributed by atoms with Gasteiger partial charge in [-0.05, 0) is 73.0 Å². The van der Waals surface area contributed by atoms with Crippen molar-refractivity contribution in [2.75, 3.05) is 28.7 Å². The summed E-state index contributed by atoms with van der Waals surface area (Å²) in [5, 5.41) is 5.70. The topological polar surface area (TPSA) is 101 Å². The average Bonchev–Trinajstić information content (AvgIpc) is 3.44. The number of aryl methyl sites for hydroxylation is 1. The Kier molecular flexibility index (Phi) is 8.31. The summed E-state index contributed by atoms with van der Waals surface area (Å²) in [6.45, 7) is 3.09. The van der Waals surface area contributed by atoms with Gasteiger partial charge in [-0.2, -0.15) is 0 Å². The number of halogens is 2. The van der Waals surface area contributed by atoms with E-state index in [9.17, 15) is 18.8 Å². The zero-order valence-electron chi connectivity index (χ0n) is 25.2. The SMILES string of the molecule is Cc1cccc(F)c1NC(=O)c1cc2c(s1)-c1ccccc1N(C(=O)c1ccc(NC(=O)c3cc4c(nc3Cl)CCOC4)cc1)CC2. The van der Waals surface area contributed by atoms with E-state index in [1.165, 1.54) is 17.4 Å². The zero-order valence-corrected chi connectivity index (χ0v) is 26.8. The molecule has 0 aliphatic carbocycles. The molecule has 4 heterocycles. The van der Waals surface area contributed by atoms with Crippen molar-refractivity contribution in [2.45, 2.75) is 26.4 Å². The van der Waals surface area contributed by atoms with Gasteiger partial charge in [0.2, 0.25) is 0 Å². The molecule has 0 unspecified atom stereocenters. The Morgan fingerprint density at radius 2 is 1.74 bits per heavy atom. The number of hydrogen-bond acceptors (Lipinski definition) is 6. The second kappa shape index (κ2) is 12.7. The number of rotatable bonds is 5. The van der Waals surface area contributed by atoms with E-state index >= 15 is 0 Å². The monoisotopic (exact) mass is 666 g/mol. The smallest absolute Gasteiger partial charge is 0.265 e. The number of nitrogens with one attached hydrogen (secondary N) is 2. The number of benzene rings is 3. The Balaban J connectivity index is 1.09. The van der Waals surface area contributed by atoms with E-state index in [1.807, 2.05) is 30.3 Å². The summed E-state index contributed by atoms with van der Waals surface area (Å²) >= 11 is 7.65. The van der Waals surface area contributed by atoms with Crippen LogP contribution in [0, 0.1) is 12.7 Å². The standard InChI is InChI=1S/C36H28ClFN4O4S/c1-20-5-4-7-27(38)31(20)41-35(44)30-18-22-13-15-42(29-8-3-2-6-25(29)32(22)47-30)36(45)21-9-11-24(12-10-21)39-34(43)26-17-23-19-46-16-14-28(23)40-33(26)37/h2-12,17-18H,13-16,19H2,1H3,(H,39,43)(H,41,44). The summed E-state index contributed by atoms with van der Waals surface area (Å²) in [7, 11) is 0. The maximum absolute atomic E-state index is 14.4.